The Bertz CT molecular complexity index is 519. The lowest BCUT2D eigenvalue weighted by Gasteiger charge is -2.41. The molecule has 1 unspecified atom stereocenters. The van der Waals surface area contributed by atoms with E-state index in [9.17, 15) is 4.79 Å². The number of hydrogen-bond acceptors (Lipinski definition) is 3. The minimum Gasteiger partial charge on any atom is -0.384 e. The van der Waals surface area contributed by atoms with Crippen molar-refractivity contribution in [2.75, 3.05) is 20.3 Å². The van der Waals surface area contributed by atoms with Crippen molar-refractivity contribution in [3.63, 3.8) is 0 Å². The highest BCUT2D eigenvalue weighted by atomic mass is 32.1. The highest BCUT2D eigenvalue weighted by molar-refractivity contribution is 7.10. The second kappa shape index (κ2) is 5.10. The first-order valence-corrected chi connectivity index (χ1v) is 8.65. The maximum absolute atomic E-state index is 12.9. The number of methoxy groups -OCH3 is 1. The largest absolute Gasteiger partial charge is 0.384 e. The molecule has 0 aliphatic heterocycles. The molecule has 3 rings (SSSR count). The van der Waals surface area contributed by atoms with Gasteiger partial charge in [0.25, 0.3) is 0 Å². The Kier molecular flexibility index (Phi) is 3.65. The van der Waals surface area contributed by atoms with Crippen molar-refractivity contribution in [3.8, 4) is 0 Å². The van der Waals surface area contributed by atoms with Crippen molar-refractivity contribution in [2.45, 2.75) is 44.9 Å². The van der Waals surface area contributed by atoms with E-state index >= 15 is 0 Å². The fraction of sp³-hybridized carbons (Fsp3) is 0.706. The standard InChI is InChI=1S/C17H25NO2S/c1-15(2)10-17(15,13-6-4-9-21-13)14(19)18-11-16(12-20-3)7-5-8-16/h4,6,9H,5,7-8,10-12H2,1-3H3,(H,18,19). The molecular weight excluding hydrogens is 282 g/mol. The van der Waals surface area contributed by atoms with Gasteiger partial charge in [-0.05, 0) is 36.1 Å². The molecule has 1 aromatic heterocycles. The number of amides is 1. The van der Waals surface area contributed by atoms with Crippen LogP contribution in [0.25, 0.3) is 0 Å². The normalized spacial score (nSPS) is 28.7. The van der Waals surface area contributed by atoms with Gasteiger partial charge < -0.3 is 10.1 Å². The first-order valence-electron chi connectivity index (χ1n) is 7.77. The fourth-order valence-corrected chi connectivity index (χ4v) is 4.94. The van der Waals surface area contributed by atoms with Crippen LogP contribution in [-0.4, -0.2) is 26.2 Å². The third-order valence-corrected chi connectivity index (χ3v) is 6.59. The number of carbonyl (C=O) groups is 1. The summed E-state index contributed by atoms with van der Waals surface area (Å²) in [6.45, 7) is 5.90. The minimum absolute atomic E-state index is 0.0654. The number of carbonyl (C=O) groups excluding carboxylic acids is 1. The highest BCUT2D eigenvalue weighted by Crippen LogP contribution is 2.65. The molecule has 0 saturated heterocycles. The molecule has 2 aliphatic carbocycles. The first-order chi connectivity index (χ1) is 9.96. The molecule has 1 N–H and O–H groups in total. The Hall–Kier alpha value is -0.870. The van der Waals surface area contributed by atoms with Crippen LogP contribution in [-0.2, 0) is 14.9 Å². The van der Waals surface area contributed by atoms with Gasteiger partial charge >= 0.3 is 0 Å². The van der Waals surface area contributed by atoms with E-state index < -0.39 is 0 Å². The molecule has 0 bridgehead atoms. The Morgan fingerprint density at radius 3 is 2.57 bits per heavy atom. The monoisotopic (exact) mass is 307 g/mol. The van der Waals surface area contributed by atoms with Crippen molar-refractivity contribution in [3.05, 3.63) is 22.4 Å². The topological polar surface area (TPSA) is 38.3 Å². The van der Waals surface area contributed by atoms with E-state index in [-0.39, 0.29) is 22.2 Å². The predicted octanol–water partition coefficient (Wildman–Crippen LogP) is 3.35. The van der Waals surface area contributed by atoms with E-state index in [1.807, 2.05) is 6.07 Å². The van der Waals surface area contributed by atoms with Gasteiger partial charge in [-0.25, -0.2) is 0 Å². The predicted molar refractivity (Wildman–Crippen MR) is 85.6 cm³/mol. The first kappa shape index (κ1) is 15.0. The fourth-order valence-electron chi connectivity index (χ4n) is 3.83. The summed E-state index contributed by atoms with van der Waals surface area (Å²) in [5, 5.41) is 5.31. The zero-order chi connectivity index (χ0) is 15.1. The van der Waals surface area contributed by atoms with E-state index in [1.165, 1.54) is 11.3 Å². The third-order valence-electron chi connectivity index (χ3n) is 5.56. The summed E-state index contributed by atoms with van der Waals surface area (Å²) in [7, 11) is 1.75. The summed E-state index contributed by atoms with van der Waals surface area (Å²) in [4.78, 5) is 14.1. The molecule has 0 spiro atoms. The average Bonchev–Trinajstić information content (AvgIpc) is 2.81. The van der Waals surface area contributed by atoms with Gasteiger partial charge in [0.1, 0.15) is 0 Å². The molecule has 116 valence electrons. The van der Waals surface area contributed by atoms with Gasteiger partial charge in [-0.3, -0.25) is 4.79 Å². The summed E-state index contributed by atoms with van der Waals surface area (Å²) in [5.41, 5.74) is -0.0603. The van der Waals surface area contributed by atoms with Crippen LogP contribution < -0.4 is 5.32 Å². The van der Waals surface area contributed by atoms with Crippen LogP contribution in [0.3, 0.4) is 0 Å². The minimum atomic E-state index is -0.306. The van der Waals surface area contributed by atoms with Gasteiger partial charge in [-0.2, -0.15) is 0 Å². The molecule has 2 fully saturated rings. The van der Waals surface area contributed by atoms with E-state index in [0.29, 0.717) is 0 Å². The van der Waals surface area contributed by atoms with E-state index in [4.69, 9.17) is 4.74 Å². The summed E-state index contributed by atoms with van der Waals surface area (Å²) in [5.74, 6) is 0.206. The van der Waals surface area contributed by atoms with Crippen molar-refractivity contribution < 1.29 is 9.53 Å². The van der Waals surface area contributed by atoms with E-state index in [0.717, 1.165) is 32.4 Å². The van der Waals surface area contributed by atoms with Crippen molar-refractivity contribution in [1.82, 2.24) is 5.32 Å². The van der Waals surface area contributed by atoms with Crippen LogP contribution in [0.15, 0.2) is 17.5 Å². The molecule has 0 radical (unpaired) electrons. The Balaban J connectivity index is 1.70. The van der Waals surface area contributed by atoms with E-state index in [2.05, 4.69) is 30.6 Å². The molecule has 4 heteroatoms. The van der Waals surface area contributed by atoms with Crippen LogP contribution in [0.1, 0.15) is 44.4 Å². The second-order valence-corrected chi connectivity index (χ2v) is 8.36. The van der Waals surface area contributed by atoms with Crippen LogP contribution >= 0.6 is 11.3 Å². The van der Waals surface area contributed by atoms with Crippen molar-refractivity contribution >= 4 is 17.2 Å². The van der Waals surface area contributed by atoms with Gasteiger partial charge in [0.2, 0.25) is 5.91 Å². The molecule has 21 heavy (non-hydrogen) atoms. The zero-order valence-corrected chi connectivity index (χ0v) is 14.0. The van der Waals surface area contributed by atoms with Gasteiger partial charge in [-0.1, -0.05) is 26.3 Å². The Labute approximate surface area is 131 Å². The molecule has 1 amide bonds. The zero-order valence-electron chi connectivity index (χ0n) is 13.2. The lowest BCUT2D eigenvalue weighted by atomic mass is 9.69. The number of hydrogen-bond donors (Lipinski definition) is 1. The SMILES string of the molecule is COCC1(CNC(=O)C2(c3cccs3)CC2(C)C)CCC1. The molecule has 2 aliphatic rings. The van der Waals surface area contributed by atoms with Crippen molar-refractivity contribution in [1.29, 1.82) is 0 Å². The average molecular weight is 307 g/mol. The van der Waals surface area contributed by atoms with Gasteiger partial charge in [0, 0.05) is 23.9 Å². The van der Waals surface area contributed by atoms with E-state index in [1.54, 1.807) is 18.4 Å². The molecule has 3 nitrogen and oxygen atoms in total. The van der Waals surface area contributed by atoms with Gasteiger partial charge in [0.15, 0.2) is 0 Å². The smallest absolute Gasteiger partial charge is 0.232 e. The lowest BCUT2D eigenvalue weighted by molar-refractivity contribution is -0.125. The van der Waals surface area contributed by atoms with Gasteiger partial charge in [0.05, 0.1) is 12.0 Å². The molecule has 2 saturated carbocycles. The molecule has 0 aromatic carbocycles. The summed E-state index contributed by atoms with van der Waals surface area (Å²) < 4.78 is 5.35. The summed E-state index contributed by atoms with van der Waals surface area (Å²) >= 11 is 1.70. The summed E-state index contributed by atoms with van der Waals surface area (Å²) in [6, 6.07) is 4.15. The van der Waals surface area contributed by atoms with Crippen LogP contribution in [0.2, 0.25) is 0 Å². The molecular formula is C17H25NO2S. The van der Waals surface area contributed by atoms with Crippen molar-refractivity contribution in [2.24, 2.45) is 10.8 Å². The third kappa shape index (κ3) is 2.33. The van der Waals surface area contributed by atoms with Crippen LogP contribution in [0, 0.1) is 10.8 Å². The van der Waals surface area contributed by atoms with Crippen LogP contribution in [0.5, 0.6) is 0 Å². The molecule has 1 aromatic rings. The lowest BCUT2D eigenvalue weighted by Crippen LogP contribution is -2.48. The number of rotatable bonds is 6. The second-order valence-electron chi connectivity index (χ2n) is 7.41. The number of ether oxygens (including phenoxy) is 1. The quantitative estimate of drug-likeness (QED) is 0.875. The maximum atomic E-state index is 12.9. The number of thiophene rings is 1. The maximum Gasteiger partial charge on any atom is 0.232 e. The Morgan fingerprint density at radius 1 is 1.43 bits per heavy atom. The number of nitrogens with one attached hydrogen (secondary N) is 1. The Morgan fingerprint density at radius 2 is 2.14 bits per heavy atom. The highest BCUT2D eigenvalue weighted by Gasteiger charge is 2.67. The molecule has 1 atom stereocenters. The molecule has 1 heterocycles. The van der Waals surface area contributed by atoms with Crippen LogP contribution in [0.4, 0.5) is 0 Å². The van der Waals surface area contributed by atoms with Gasteiger partial charge in [-0.15, -0.1) is 11.3 Å². The summed E-state index contributed by atoms with van der Waals surface area (Å²) in [6.07, 6.45) is 4.53.